The molecule has 0 saturated carbocycles. The molecule has 0 bridgehead atoms. The van der Waals surface area contributed by atoms with Crippen LogP contribution in [0, 0.1) is 5.92 Å². The number of carbonyl (C=O) groups excluding carboxylic acids is 1. The lowest BCUT2D eigenvalue weighted by Crippen LogP contribution is -2.51. The van der Waals surface area contributed by atoms with E-state index < -0.39 is 17.1 Å². The van der Waals surface area contributed by atoms with Crippen LogP contribution in [0.3, 0.4) is 0 Å². The van der Waals surface area contributed by atoms with E-state index in [2.05, 4.69) is 34.6 Å². The molecule has 0 saturated heterocycles. The Morgan fingerprint density at radius 2 is 1.26 bits per heavy atom. The molecule has 0 aliphatic heterocycles. The Morgan fingerprint density at radius 3 is 1.56 bits per heavy atom. The lowest BCUT2D eigenvalue weighted by atomic mass is 10.2. The standard InChI is InChI=1S/C20H44O5Si2/c1-10-15-26(16-11-2,20(7,8)9)25-19(21)18(6)17-27(22-12-3,23-13-4)24-14-5/h18H,10-17H2,1-9H3. The SMILES string of the molecule is CCC[Si](CCC)(OC(=O)C(C)C[Si](OCC)(OCC)OCC)C(C)(C)C. The van der Waals surface area contributed by atoms with Gasteiger partial charge in [0.2, 0.25) is 0 Å². The van der Waals surface area contributed by atoms with E-state index in [9.17, 15) is 4.79 Å². The summed E-state index contributed by atoms with van der Waals surface area (Å²) >= 11 is 0. The maximum atomic E-state index is 13.1. The van der Waals surface area contributed by atoms with Gasteiger partial charge in [-0.15, -0.1) is 0 Å². The Bertz CT molecular complexity index is 400. The molecular formula is C20H44O5Si2. The Morgan fingerprint density at radius 1 is 0.852 bits per heavy atom. The zero-order valence-electron chi connectivity index (χ0n) is 19.3. The molecule has 0 aromatic carbocycles. The summed E-state index contributed by atoms with van der Waals surface area (Å²) in [7, 11) is -5.08. The zero-order chi connectivity index (χ0) is 21.1. The van der Waals surface area contributed by atoms with Crippen LogP contribution in [0.2, 0.25) is 23.2 Å². The third kappa shape index (κ3) is 7.97. The molecule has 5 nitrogen and oxygen atoms in total. The van der Waals surface area contributed by atoms with Crippen molar-refractivity contribution in [3.8, 4) is 0 Å². The summed E-state index contributed by atoms with van der Waals surface area (Å²) in [5.41, 5.74) is 0. The van der Waals surface area contributed by atoms with Crippen LogP contribution in [0.4, 0.5) is 0 Å². The van der Waals surface area contributed by atoms with Crippen LogP contribution in [0.15, 0.2) is 0 Å². The van der Waals surface area contributed by atoms with E-state index >= 15 is 0 Å². The summed E-state index contributed by atoms with van der Waals surface area (Å²) in [6.07, 6.45) is 2.08. The number of rotatable bonds is 14. The maximum absolute atomic E-state index is 13.1. The normalized spacial score (nSPS) is 14.3. The van der Waals surface area contributed by atoms with Crippen molar-refractivity contribution in [3.05, 3.63) is 0 Å². The third-order valence-corrected chi connectivity index (χ3v) is 14.3. The predicted molar refractivity (Wildman–Crippen MR) is 116 cm³/mol. The lowest BCUT2D eigenvalue weighted by Gasteiger charge is -2.42. The first-order valence-corrected chi connectivity index (χ1v) is 15.0. The number of carbonyl (C=O) groups is 1. The Kier molecular flexibility index (Phi) is 12.3. The molecule has 0 spiro atoms. The minimum Gasteiger partial charge on any atom is -0.518 e. The Hall–Kier alpha value is -0.216. The highest BCUT2D eigenvalue weighted by Gasteiger charge is 2.50. The van der Waals surface area contributed by atoms with E-state index in [0.29, 0.717) is 25.9 Å². The first-order chi connectivity index (χ1) is 12.6. The molecule has 1 unspecified atom stereocenters. The van der Waals surface area contributed by atoms with E-state index in [0.717, 1.165) is 24.9 Å². The van der Waals surface area contributed by atoms with E-state index in [1.165, 1.54) is 0 Å². The Labute approximate surface area is 170 Å². The van der Waals surface area contributed by atoms with Crippen LogP contribution in [-0.4, -0.2) is 42.9 Å². The molecule has 27 heavy (non-hydrogen) atoms. The van der Waals surface area contributed by atoms with Gasteiger partial charge in [-0.1, -0.05) is 54.4 Å². The topological polar surface area (TPSA) is 54.0 Å². The Balaban J connectivity index is 5.47. The second kappa shape index (κ2) is 12.4. The molecule has 0 aromatic rings. The smallest absolute Gasteiger partial charge is 0.501 e. The van der Waals surface area contributed by atoms with Crippen LogP contribution in [0.25, 0.3) is 0 Å². The van der Waals surface area contributed by atoms with Crippen molar-refractivity contribution in [1.82, 2.24) is 0 Å². The van der Waals surface area contributed by atoms with Crippen LogP contribution in [-0.2, 0) is 22.5 Å². The van der Waals surface area contributed by atoms with Crippen LogP contribution in [0.1, 0.15) is 75.2 Å². The van der Waals surface area contributed by atoms with Crippen molar-refractivity contribution in [2.24, 2.45) is 5.92 Å². The average molecular weight is 421 g/mol. The lowest BCUT2D eigenvalue weighted by molar-refractivity contribution is -0.139. The van der Waals surface area contributed by atoms with Crippen LogP contribution in [0.5, 0.6) is 0 Å². The van der Waals surface area contributed by atoms with Crippen LogP contribution < -0.4 is 0 Å². The van der Waals surface area contributed by atoms with Gasteiger partial charge in [0.15, 0.2) is 0 Å². The first kappa shape index (κ1) is 26.8. The molecule has 0 radical (unpaired) electrons. The van der Waals surface area contributed by atoms with Gasteiger partial charge < -0.3 is 17.7 Å². The van der Waals surface area contributed by atoms with Gasteiger partial charge in [-0.25, -0.2) is 0 Å². The van der Waals surface area contributed by atoms with Crippen molar-refractivity contribution in [1.29, 1.82) is 0 Å². The maximum Gasteiger partial charge on any atom is 0.501 e. The van der Waals surface area contributed by atoms with Gasteiger partial charge in [0.1, 0.15) is 0 Å². The molecule has 0 fully saturated rings. The number of hydrogen-bond donors (Lipinski definition) is 0. The molecule has 0 rings (SSSR count). The summed E-state index contributed by atoms with van der Waals surface area (Å²) in [5.74, 6) is -0.418. The molecule has 0 heterocycles. The minimum atomic E-state index is -2.87. The molecule has 0 aliphatic carbocycles. The molecule has 162 valence electrons. The predicted octanol–water partition coefficient (Wildman–Crippen LogP) is 5.78. The van der Waals surface area contributed by atoms with E-state index in [1.807, 2.05) is 27.7 Å². The molecule has 7 heteroatoms. The highest BCUT2D eigenvalue weighted by Crippen LogP contribution is 2.44. The van der Waals surface area contributed by atoms with Gasteiger partial charge in [0.25, 0.3) is 14.3 Å². The molecule has 1 atom stereocenters. The van der Waals surface area contributed by atoms with Crippen LogP contribution >= 0.6 is 0 Å². The second-order valence-electron chi connectivity index (χ2n) is 8.25. The van der Waals surface area contributed by atoms with Crippen molar-refractivity contribution in [2.75, 3.05) is 19.8 Å². The van der Waals surface area contributed by atoms with E-state index in [1.54, 1.807) is 0 Å². The van der Waals surface area contributed by atoms with Gasteiger partial charge in [-0.3, -0.25) is 4.79 Å². The molecular weight excluding hydrogens is 376 g/mol. The van der Waals surface area contributed by atoms with Gasteiger partial charge in [0, 0.05) is 25.9 Å². The van der Waals surface area contributed by atoms with E-state index in [-0.39, 0.29) is 16.9 Å². The van der Waals surface area contributed by atoms with Crippen molar-refractivity contribution in [3.63, 3.8) is 0 Å². The fraction of sp³-hybridized carbons (Fsp3) is 0.950. The molecule has 0 aromatic heterocycles. The average Bonchev–Trinajstić information content (AvgIpc) is 2.54. The minimum absolute atomic E-state index is 0.0165. The molecule has 0 N–H and O–H groups in total. The summed E-state index contributed by atoms with van der Waals surface area (Å²) in [5, 5.41) is 0.0165. The van der Waals surface area contributed by atoms with Gasteiger partial charge in [-0.2, -0.15) is 0 Å². The molecule has 0 aliphatic rings. The highest BCUT2D eigenvalue weighted by molar-refractivity contribution is 6.78. The fourth-order valence-electron chi connectivity index (χ4n) is 3.65. The summed E-state index contributed by atoms with van der Waals surface area (Å²) in [6, 6.07) is 2.48. The molecule has 0 amide bonds. The van der Waals surface area contributed by atoms with Gasteiger partial charge in [-0.05, 0) is 37.9 Å². The summed E-state index contributed by atoms with van der Waals surface area (Å²) in [6.45, 7) is 20.3. The fourth-order valence-corrected chi connectivity index (χ4v) is 11.0. The van der Waals surface area contributed by atoms with Crippen molar-refractivity contribution in [2.45, 2.75) is 98.3 Å². The largest absolute Gasteiger partial charge is 0.518 e. The number of hydrogen-bond acceptors (Lipinski definition) is 5. The monoisotopic (exact) mass is 420 g/mol. The highest BCUT2D eigenvalue weighted by atomic mass is 28.4. The van der Waals surface area contributed by atoms with Crippen molar-refractivity contribution < 1.29 is 22.5 Å². The zero-order valence-corrected chi connectivity index (χ0v) is 21.3. The van der Waals surface area contributed by atoms with Gasteiger partial charge >= 0.3 is 8.80 Å². The van der Waals surface area contributed by atoms with Gasteiger partial charge in [0.05, 0.1) is 5.92 Å². The third-order valence-electron chi connectivity index (χ3n) is 5.02. The quantitative estimate of drug-likeness (QED) is 0.333. The second-order valence-corrected chi connectivity index (χ2v) is 15.6. The summed E-state index contributed by atoms with van der Waals surface area (Å²) in [4.78, 5) is 13.1. The van der Waals surface area contributed by atoms with E-state index in [4.69, 9.17) is 17.7 Å². The van der Waals surface area contributed by atoms with Crippen molar-refractivity contribution >= 4 is 23.1 Å². The first-order valence-electron chi connectivity index (χ1n) is 10.7. The summed E-state index contributed by atoms with van der Waals surface area (Å²) < 4.78 is 24.1.